The molecule has 2 heterocycles. The predicted octanol–water partition coefficient (Wildman–Crippen LogP) is 2.10. The molecule has 336 valence electrons. The molecular weight excluding hydrogens is 791 g/mol. The number of ether oxygens (including phenoxy) is 1. The molecule has 1 aliphatic heterocycles. The first-order chi connectivity index (χ1) is 28.8. The van der Waals surface area contributed by atoms with E-state index in [-0.39, 0.29) is 49.0 Å². The van der Waals surface area contributed by atoms with Crippen molar-refractivity contribution in [3.8, 4) is 0 Å². The van der Waals surface area contributed by atoms with E-state index in [4.69, 9.17) is 10.8 Å². The number of hydrogen-bond acceptors (Lipinski definition) is 11. The highest BCUT2D eigenvalue weighted by Gasteiger charge is 2.46. The van der Waals surface area contributed by atoms with Crippen LogP contribution in [-0.4, -0.2) is 112 Å². The lowest BCUT2D eigenvalue weighted by Gasteiger charge is -2.37. The van der Waals surface area contributed by atoms with Crippen molar-refractivity contribution < 1.29 is 53.0 Å². The van der Waals surface area contributed by atoms with Crippen molar-refractivity contribution in [2.45, 2.75) is 141 Å². The highest BCUT2D eigenvalue weighted by Crippen LogP contribution is 2.30. The van der Waals surface area contributed by atoms with Gasteiger partial charge in [0.1, 0.15) is 30.2 Å². The number of primary amides is 1. The van der Waals surface area contributed by atoms with Gasteiger partial charge in [0.25, 0.3) is 0 Å². The van der Waals surface area contributed by atoms with Crippen LogP contribution in [0.3, 0.4) is 0 Å². The van der Waals surface area contributed by atoms with Gasteiger partial charge in [-0.25, -0.2) is 9.59 Å². The van der Waals surface area contributed by atoms with Crippen LogP contribution in [-0.2, 0) is 43.1 Å². The number of aromatic carboxylic acids is 1. The lowest BCUT2D eigenvalue weighted by atomic mass is 9.81. The average molecular weight is 854 g/mol. The van der Waals surface area contributed by atoms with Crippen molar-refractivity contribution in [2.24, 2.45) is 23.0 Å². The zero-order valence-electron chi connectivity index (χ0n) is 35.9. The summed E-state index contributed by atoms with van der Waals surface area (Å²) in [6.07, 6.45) is 14.2. The van der Waals surface area contributed by atoms with Gasteiger partial charge in [-0.3, -0.25) is 38.5 Å². The fourth-order valence-electron chi connectivity index (χ4n) is 7.97. The van der Waals surface area contributed by atoms with Gasteiger partial charge in [0.2, 0.25) is 35.4 Å². The summed E-state index contributed by atoms with van der Waals surface area (Å²) in [5.41, 5.74) is 5.08. The molecule has 5 atom stereocenters. The van der Waals surface area contributed by atoms with Crippen LogP contribution >= 0.6 is 0 Å². The molecule has 1 saturated heterocycles. The smallest absolute Gasteiger partial charge is 0.337 e. The van der Waals surface area contributed by atoms with E-state index in [0.29, 0.717) is 12.8 Å². The molecule has 2 saturated carbocycles. The number of carboxylic acids is 1. The Morgan fingerprint density at radius 3 is 2.00 bits per heavy atom. The Bertz CT molecular complexity index is 1750. The highest BCUT2D eigenvalue weighted by atomic mass is 16.5. The van der Waals surface area contributed by atoms with Crippen molar-refractivity contribution in [3.05, 3.63) is 42.2 Å². The number of carboxylic acid groups (broad SMARTS) is 1. The number of Topliss-reactive ketones (excluding diaryl/α,β-unsaturated/α-hetero) is 1. The lowest BCUT2D eigenvalue weighted by molar-refractivity contribution is -0.145. The number of nitrogens with one attached hydrogen (secondary N) is 4. The fraction of sp³-hybridized carbons (Fsp3) is 0.628. The second-order valence-corrected chi connectivity index (χ2v) is 17.0. The number of allylic oxidation sites excluding steroid dienone is 1. The molecule has 4 rings (SSSR count). The molecule has 18 heteroatoms. The quantitative estimate of drug-likeness (QED) is 0.103. The molecule has 1 aromatic heterocycles. The minimum Gasteiger partial charge on any atom is -0.478 e. The molecule has 3 aliphatic rings. The Labute approximate surface area is 356 Å². The number of likely N-dealkylation sites (tertiary alicyclic amines) is 1. The average Bonchev–Trinajstić information content (AvgIpc) is 3.63. The molecule has 6 amide bonds. The van der Waals surface area contributed by atoms with Crippen LogP contribution in [0, 0.1) is 17.3 Å². The number of carbonyl (C=O) groups excluding carboxylic acids is 8. The van der Waals surface area contributed by atoms with Gasteiger partial charge >= 0.3 is 11.9 Å². The molecule has 0 unspecified atom stereocenters. The Hall–Kier alpha value is -5.68. The summed E-state index contributed by atoms with van der Waals surface area (Å²) in [5.74, 6) is -5.78. The molecule has 0 aromatic carbocycles. The van der Waals surface area contributed by atoms with E-state index in [9.17, 15) is 43.2 Å². The SMILES string of the molecule is COC(=O)/C=C/CC[C@H](NC(C)=O)C(=O)N[C@H](C(=O)N1CC(=O)C[C@H]1C(=O)N[C@H](C(=O)N[C@H](C(N)=O)C1CCCCC1)C1CCCCC1)C(C)(C)C.O=C(O)c1cccnc1. The molecule has 3 fully saturated rings. The second-order valence-electron chi connectivity index (χ2n) is 17.0. The summed E-state index contributed by atoms with van der Waals surface area (Å²) >= 11 is 0. The van der Waals surface area contributed by atoms with E-state index in [1.807, 2.05) is 0 Å². The van der Waals surface area contributed by atoms with Crippen molar-refractivity contribution in [1.29, 1.82) is 0 Å². The van der Waals surface area contributed by atoms with Crippen LogP contribution < -0.4 is 27.0 Å². The maximum atomic E-state index is 14.2. The summed E-state index contributed by atoms with van der Waals surface area (Å²) in [6.45, 7) is 6.06. The summed E-state index contributed by atoms with van der Waals surface area (Å²) in [7, 11) is 1.23. The van der Waals surface area contributed by atoms with Crippen molar-refractivity contribution >= 4 is 53.2 Å². The number of ketones is 1. The molecule has 7 N–H and O–H groups in total. The molecule has 0 radical (unpaired) electrons. The van der Waals surface area contributed by atoms with E-state index in [1.54, 1.807) is 26.8 Å². The number of pyridine rings is 1. The summed E-state index contributed by atoms with van der Waals surface area (Å²) in [4.78, 5) is 119. The number of aromatic nitrogens is 1. The van der Waals surface area contributed by atoms with Crippen LogP contribution in [0.2, 0.25) is 0 Å². The molecule has 1 aromatic rings. The maximum Gasteiger partial charge on any atom is 0.337 e. The third kappa shape index (κ3) is 15.7. The summed E-state index contributed by atoms with van der Waals surface area (Å²) in [5, 5.41) is 19.4. The largest absolute Gasteiger partial charge is 0.478 e. The molecule has 2 aliphatic carbocycles. The highest BCUT2D eigenvalue weighted by molar-refractivity contribution is 6.02. The van der Waals surface area contributed by atoms with Crippen molar-refractivity contribution in [2.75, 3.05) is 13.7 Å². The van der Waals surface area contributed by atoms with Crippen LogP contribution in [0.1, 0.15) is 122 Å². The summed E-state index contributed by atoms with van der Waals surface area (Å²) < 4.78 is 4.57. The van der Waals surface area contributed by atoms with Crippen LogP contribution in [0.15, 0.2) is 36.7 Å². The minimum atomic E-state index is -1.24. The maximum absolute atomic E-state index is 14.2. The van der Waals surface area contributed by atoms with Gasteiger partial charge in [-0.1, -0.05) is 65.4 Å². The van der Waals surface area contributed by atoms with Gasteiger partial charge in [0.05, 0.1) is 19.2 Å². The van der Waals surface area contributed by atoms with E-state index in [0.717, 1.165) is 56.3 Å². The lowest BCUT2D eigenvalue weighted by Crippen LogP contribution is -2.62. The number of nitrogens with zero attached hydrogens (tertiary/aromatic N) is 2. The number of amides is 6. The van der Waals surface area contributed by atoms with Gasteiger partial charge in [-0.05, 0) is 67.9 Å². The zero-order chi connectivity index (χ0) is 45.3. The first-order valence-electron chi connectivity index (χ1n) is 21.0. The molecule has 18 nitrogen and oxygen atoms in total. The van der Waals surface area contributed by atoms with Gasteiger partial charge < -0.3 is 41.7 Å². The standard InChI is InChI=1S/C37H58N6O9.C6H5NO2/c1-22(44)39-26(18-12-13-19-28(46)52-5)33(48)42-31(37(2,3)4)36(51)43-21-25(45)20-27(43)34(49)41-30(24-16-10-7-11-17-24)35(50)40-29(32(38)47)23-14-8-6-9-15-23;8-6(9)5-2-1-3-7-4-5/h13,19,23-24,26-27,29-31H,6-12,14-18,20-21H2,1-5H3,(H2,38,47)(H,39,44)(H,40,50)(H,41,49)(H,42,48);1-4H,(H,8,9)/b19-13+;/t26-,27-,29-,30-,31+;/m0./s1. The van der Waals surface area contributed by atoms with E-state index < -0.39 is 83.0 Å². The third-order valence-electron chi connectivity index (χ3n) is 11.2. The number of nitrogens with two attached hydrogens (primary N) is 1. The number of methoxy groups -OCH3 is 1. The Morgan fingerprint density at radius 1 is 0.902 bits per heavy atom. The molecular formula is C43H63N7O11. The van der Waals surface area contributed by atoms with Crippen LogP contribution in [0.25, 0.3) is 0 Å². The van der Waals surface area contributed by atoms with Crippen molar-refractivity contribution in [3.63, 3.8) is 0 Å². The van der Waals surface area contributed by atoms with Gasteiger partial charge in [0, 0.05) is 31.8 Å². The Kier molecular flexibility index (Phi) is 19.5. The first-order valence-corrected chi connectivity index (χ1v) is 21.0. The van der Waals surface area contributed by atoms with E-state index in [2.05, 4.69) is 31.0 Å². The van der Waals surface area contributed by atoms with Gasteiger partial charge in [-0.2, -0.15) is 0 Å². The number of carbonyl (C=O) groups is 9. The van der Waals surface area contributed by atoms with Gasteiger partial charge in [0.15, 0.2) is 5.78 Å². The molecule has 0 spiro atoms. The first kappa shape index (κ1) is 49.7. The topological polar surface area (TPSA) is 273 Å². The Balaban J connectivity index is 0.000000972. The third-order valence-corrected chi connectivity index (χ3v) is 11.2. The van der Waals surface area contributed by atoms with Gasteiger partial charge in [-0.15, -0.1) is 0 Å². The Morgan fingerprint density at radius 2 is 1.51 bits per heavy atom. The summed E-state index contributed by atoms with van der Waals surface area (Å²) in [6, 6.07) is -2.28. The molecule has 0 bridgehead atoms. The number of esters is 1. The van der Waals surface area contributed by atoms with E-state index in [1.165, 1.54) is 44.6 Å². The van der Waals surface area contributed by atoms with Crippen molar-refractivity contribution in [1.82, 2.24) is 31.2 Å². The zero-order valence-corrected chi connectivity index (χ0v) is 35.9. The molecule has 61 heavy (non-hydrogen) atoms. The van der Waals surface area contributed by atoms with Crippen LogP contribution in [0.5, 0.6) is 0 Å². The fourth-order valence-corrected chi connectivity index (χ4v) is 7.97. The number of rotatable bonds is 16. The second kappa shape index (κ2) is 23.9. The monoisotopic (exact) mass is 853 g/mol. The van der Waals surface area contributed by atoms with Crippen LogP contribution in [0.4, 0.5) is 0 Å². The normalized spacial score (nSPS) is 19.3. The number of hydrogen-bond donors (Lipinski definition) is 6. The predicted molar refractivity (Wildman–Crippen MR) is 222 cm³/mol. The van der Waals surface area contributed by atoms with E-state index >= 15 is 0 Å². The minimum absolute atomic E-state index is 0.0930.